The Bertz CT molecular complexity index is 1180. The van der Waals surface area contributed by atoms with E-state index in [2.05, 4.69) is 4.72 Å². The van der Waals surface area contributed by atoms with E-state index in [1.165, 1.54) is 25.3 Å². The van der Waals surface area contributed by atoms with Crippen molar-refractivity contribution in [1.29, 1.82) is 0 Å². The molecule has 2 fully saturated rings. The van der Waals surface area contributed by atoms with Crippen LogP contribution in [0.25, 0.3) is 0 Å². The van der Waals surface area contributed by atoms with Crippen LogP contribution in [0.1, 0.15) is 31.2 Å². The van der Waals surface area contributed by atoms with Crippen molar-refractivity contribution in [2.45, 2.75) is 37.1 Å². The van der Waals surface area contributed by atoms with Crippen LogP contribution >= 0.6 is 0 Å². The van der Waals surface area contributed by atoms with Gasteiger partial charge in [-0.15, -0.1) is 0 Å². The monoisotopic (exact) mass is 457 g/mol. The molecule has 4 rings (SSSR count). The Kier molecular flexibility index (Phi) is 5.98. The first-order valence-electron chi connectivity index (χ1n) is 10.2. The van der Waals surface area contributed by atoms with E-state index in [9.17, 15) is 22.8 Å². The third-order valence-electron chi connectivity index (χ3n) is 5.52. The van der Waals surface area contributed by atoms with Gasteiger partial charge in [0, 0.05) is 38.0 Å². The molecule has 2 aromatic carbocycles. The molecule has 1 N–H and O–H groups in total. The zero-order valence-electron chi connectivity index (χ0n) is 17.5. The van der Waals surface area contributed by atoms with Gasteiger partial charge >= 0.3 is 0 Å². The molecule has 0 aliphatic carbocycles. The van der Waals surface area contributed by atoms with Crippen molar-refractivity contribution in [3.05, 3.63) is 48.0 Å². The Morgan fingerprint density at radius 1 is 0.969 bits per heavy atom. The molecule has 2 aromatic rings. The number of carbonyl (C=O) groups excluding carboxylic acids is 3. The molecule has 0 spiro atoms. The molecular formula is C22H23N3O6S. The first-order chi connectivity index (χ1) is 15.3. The average molecular weight is 458 g/mol. The number of nitrogens with zero attached hydrogens (tertiary/aromatic N) is 2. The van der Waals surface area contributed by atoms with Gasteiger partial charge in [0.1, 0.15) is 5.75 Å². The van der Waals surface area contributed by atoms with Crippen LogP contribution in [0.15, 0.2) is 47.4 Å². The van der Waals surface area contributed by atoms with Gasteiger partial charge in [0.05, 0.1) is 17.7 Å². The highest BCUT2D eigenvalue weighted by Crippen LogP contribution is 2.34. The second-order valence-corrected chi connectivity index (χ2v) is 9.37. The number of carbonyl (C=O) groups is 3. The summed E-state index contributed by atoms with van der Waals surface area (Å²) in [5.74, 6) is -0.511. The van der Waals surface area contributed by atoms with E-state index >= 15 is 0 Å². The van der Waals surface area contributed by atoms with Gasteiger partial charge < -0.3 is 9.64 Å². The number of rotatable bonds is 7. The molecular weight excluding hydrogens is 434 g/mol. The molecule has 168 valence electrons. The van der Waals surface area contributed by atoms with E-state index in [1.807, 2.05) is 6.07 Å². The Hall–Kier alpha value is -3.24. The minimum Gasteiger partial charge on any atom is -0.495 e. The summed E-state index contributed by atoms with van der Waals surface area (Å²) in [6.07, 6.45) is 1.47. The molecule has 2 saturated heterocycles. The fraction of sp³-hybridized carbons (Fsp3) is 0.318. The number of ether oxygens (including phenoxy) is 1. The van der Waals surface area contributed by atoms with Crippen molar-refractivity contribution in [3.63, 3.8) is 0 Å². The molecule has 0 saturated carbocycles. The van der Waals surface area contributed by atoms with Gasteiger partial charge in [-0.2, -0.15) is 0 Å². The standard InChI is InChI=1S/C22H23N3O6S/c1-31-19-8-7-17(13-18(19)25-21(27)9-10-22(25)28)32(29,30)23-14-15-4-2-5-16(12-15)24-11-3-6-20(24)26/h2,4-5,7-8,12-13,23H,3,6,9-11,14H2,1H3. The summed E-state index contributed by atoms with van der Waals surface area (Å²) in [5, 5.41) is 0. The quantitative estimate of drug-likeness (QED) is 0.636. The fourth-order valence-electron chi connectivity index (χ4n) is 3.87. The van der Waals surface area contributed by atoms with Crippen LogP contribution in [-0.2, 0) is 31.0 Å². The molecule has 0 aromatic heterocycles. The molecule has 0 atom stereocenters. The van der Waals surface area contributed by atoms with Crippen molar-refractivity contribution in [1.82, 2.24) is 4.72 Å². The smallest absolute Gasteiger partial charge is 0.240 e. The van der Waals surface area contributed by atoms with Crippen LogP contribution < -0.4 is 19.3 Å². The molecule has 0 unspecified atom stereocenters. The highest BCUT2D eigenvalue weighted by atomic mass is 32.2. The van der Waals surface area contributed by atoms with Gasteiger partial charge in [-0.3, -0.25) is 14.4 Å². The highest BCUT2D eigenvalue weighted by molar-refractivity contribution is 7.89. The lowest BCUT2D eigenvalue weighted by molar-refractivity contribution is -0.121. The van der Waals surface area contributed by atoms with Crippen LogP contribution in [0, 0.1) is 0 Å². The predicted molar refractivity (Wildman–Crippen MR) is 117 cm³/mol. The van der Waals surface area contributed by atoms with Crippen LogP contribution in [0.5, 0.6) is 5.75 Å². The number of anilines is 2. The summed E-state index contributed by atoms with van der Waals surface area (Å²) in [5.41, 5.74) is 1.55. The largest absolute Gasteiger partial charge is 0.495 e. The van der Waals surface area contributed by atoms with E-state index in [4.69, 9.17) is 4.74 Å². The molecule has 32 heavy (non-hydrogen) atoms. The average Bonchev–Trinajstić information content (AvgIpc) is 3.36. The number of sulfonamides is 1. The summed E-state index contributed by atoms with van der Waals surface area (Å²) in [4.78, 5) is 38.8. The van der Waals surface area contributed by atoms with E-state index < -0.39 is 21.8 Å². The third kappa shape index (κ3) is 4.23. The predicted octanol–water partition coefficient (Wildman–Crippen LogP) is 1.95. The summed E-state index contributed by atoms with van der Waals surface area (Å²) >= 11 is 0. The minimum absolute atomic E-state index is 0.0150. The van der Waals surface area contributed by atoms with Gasteiger partial charge in [-0.1, -0.05) is 12.1 Å². The number of imide groups is 1. The Balaban J connectivity index is 1.55. The number of amides is 3. The normalized spacial score (nSPS) is 16.8. The molecule has 3 amide bonds. The lowest BCUT2D eigenvalue weighted by Crippen LogP contribution is -2.30. The van der Waals surface area contributed by atoms with E-state index in [1.54, 1.807) is 23.1 Å². The first-order valence-corrected chi connectivity index (χ1v) is 11.7. The second-order valence-electron chi connectivity index (χ2n) is 7.60. The van der Waals surface area contributed by atoms with Gasteiger partial charge in [0.15, 0.2) is 0 Å². The zero-order chi connectivity index (χ0) is 22.9. The number of nitrogens with one attached hydrogen (secondary N) is 1. The van der Waals surface area contributed by atoms with E-state index in [0.717, 1.165) is 17.0 Å². The van der Waals surface area contributed by atoms with Crippen molar-refractivity contribution in [3.8, 4) is 5.75 Å². The van der Waals surface area contributed by atoms with Crippen LogP contribution in [0.2, 0.25) is 0 Å². The van der Waals surface area contributed by atoms with Gasteiger partial charge in [0.2, 0.25) is 27.7 Å². The maximum absolute atomic E-state index is 12.9. The Morgan fingerprint density at radius 3 is 2.38 bits per heavy atom. The number of benzene rings is 2. The summed E-state index contributed by atoms with van der Waals surface area (Å²) < 4.78 is 33.6. The van der Waals surface area contributed by atoms with Crippen molar-refractivity contribution in [2.24, 2.45) is 0 Å². The van der Waals surface area contributed by atoms with Crippen LogP contribution in [0.4, 0.5) is 11.4 Å². The summed E-state index contributed by atoms with van der Waals surface area (Å²) in [6, 6.07) is 11.2. The third-order valence-corrected chi connectivity index (χ3v) is 6.91. The lowest BCUT2D eigenvalue weighted by Gasteiger charge is -2.19. The summed E-state index contributed by atoms with van der Waals surface area (Å²) in [7, 11) is -2.57. The fourth-order valence-corrected chi connectivity index (χ4v) is 4.91. The second kappa shape index (κ2) is 8.71. The van der Waals surface area contributed by atoms with Crippen molar-refractivity contribution in [2.75, 3.05) is 23.5 Å². The highest BCUT2D eigenvalue weighted by Gasteiger charge is 2.33. The van der Waals surface area contributed by atoms with Gasteiger partial charge in [0.25, 0.3) is 0 Å². The Labute approximate surface area is 186 Å². The van der Waals surface area contributed by atoms with Gasteiger partial charge in [-0.05, 0) is 42.3 Å². The van der Waals surface area contributed by atoms with Gasteiger partial charge in [-0.25, -0.2) is 18.0 Å². The topological polar surface area (TPSA) is 113 Å². The maximum atomic E-state index is 12.9. The molecule has 9 nitrogen and oxygen atoms in total. The molecule has 0 radical (unpaired) electrons. The summed E-state index contributed by atoms with van der Waals surface area (Å²) in [6.45, 7) is 0.664. The SMILES string of the molecule is COc1ccc(S(=O)(=O)NCc2cccc(N3CCCC3=O)c2)cc1N1C(=O)CCC1=O. The number of methoxy groups -OCH3 is 1. The molecule has 2 aliphatic heterocycles. The zero-order valence-corrected chi connectivity index (χ0v) is 18.4. The van der Waals surface area contributed by atoms with Crippen LogP contribution in [-0.4, -0.2) is 39.8 Å². The first kappa shape index (κ1) is 22.0. The van der Waals surface area contributed by atoms with Crippen molar-refractivity contribution < 1.29 is 27.5 Å². The Morgan fingerprint density at radius 2 is 1.72 bits per heavy atom. The van der Waals surface area contributed by atoms with Crippen LogP contribution in [0.3, 0.4) is 0 Å². The maximum Gasteiger partial charge on any atom is 0.240 e. The molecule has 0 bridgehead atoms. The molecule has 10 heteroatoms. The number of hydrogen-bond donors (Lipinski definition) is 1. The number of hydrogen-bond acceptors (Lipinski definition) is 6. The molecule has 2 heterocycles. The lowest BCUT2D eigenvalue weighted by atomic mass is 10.2. The van der Waals surface area contributed by atoms with E-state index in [-0.39, 0.29) is 41.6 Å². The minimum atomic E-state index is -3.95. The van der Waals surface area contributed by atoms with Crippen molar-refractivity contribution >= 4 is 39.1 Å². The van der Waals surface area contributed by atoms with E-state index in [0.29, 0.717) is 18.5 Å². The molecule has 2 aliphatic rings.